The number of hydrogen-bond donors (Lipinski definition) is 1. The molecule has 0 spiro atoms. The molecular formula is C8H9ClOS. The van der Waals surface area contributed by atoms with Gasteiger partial charge in [0.15, 0.2) is 0 Å². The summed E-state index contributed by atoms with van der Waals surface area (Å²) in [5.74, 6) is 1.35. The van der Waals surface area contributed by atoms with Gasteiger partial charge in [0.05, 0.1) is 5.88 Å². The molecule has 0 fully saturated rings. The summed E-state index contributed by atoms with van der Waals surface area (Å²) in [6, 6.07) is 7.50. The molecule has 1 rings (SSSR count). The highest BCUT2D eigenvalue weighted by Gasteiger charge is 1.90. The molecule has 0 aliphatic carbocycles. The number of hydrogen-bond acceptors (Lipinski definition) is 2. The molecular weight excluding hydrogens is 180 g/mol. The minimum absolute atomic E-state index is 0.516. The molecule has 0 aliphatic rings. The van der Waals surface area contributed by atoms with E-state index >= 15 is 0 Å². The molecule has 0 amide bonds. The Bertz CT molecular complexity index is 210. The lowest BCUT2D eigenvalue weighted by Gasteiger charge is -2.02. The molecule has 0 bridgehead atoms. The van der Waals surface area contributed by atoms with Gasteiger partial charge in [0.2, 0.25) is 0 Å². The minimum Gasteiger partial charge on any atom is -0.492 e. The highest BCUT2D eigenvalue weighted by atomic mass is 35.5. The second-order valence-electron chi connectivity index (χ2n) is 2.03. The summed E-state index contributed by atoms with van der Waals surface area (Å²) in [6.45, 7) is 0.549. The lowest BCUT2D eigenvalue weighted by Crippen LogP contribution is -1.97. The zero-order valence-corrected chi connectivity index (χ0v) is 7.61. The van der Waals surface area contributed by atoms with Crippen LogP contribution in [0.15, 0.2) is 29.2 Å². The van der Waals surface area contributed by atoms with Crippen molar-refractivity contribution in [1.29, 1.82) is 0 Å². The van der Waals surface area contributed by atoms with Crippen LogP contribution in [-0.4, -0.2) is 12.5 Å². The van der Waals surface area contributed by atoms with Gasteiger partial charge in [0.25, 0.3) is 0 Å². The summed E-state index contributed by atoms with van der Waals surface area (Å²) < 4.78 is 5.24. The third-order valence-electron chi connectivity index (χ3n) is 1.18. The van der Waals surface area contributed by atoms with Gasteiger partial charge in [-0.2, -0.15) is 0 Å². The Balaban J connectivity index is 2.52. The van der Waals surface area contributed by atoms with Crippen molar-refractivity contribution in [3.05, 3.63) is 24.3 Å². The fourth-order valence-corrected chi connectivity index (χ4v) is 0.925. The maximum absolute atomic E-state index is 5.44. The average molecular weight is 189 g/mol. The molecule has 0 unspecified atom stereocenters. The van der Waals surface area contributed by atoms with Crippen LogP contribution in [0.4, 0.5) is 0 Å². The molecule has 11 heavy (non-hydrogen) atoms. The zero-order valence-electron chi connectivity index (χ0n) is 5.96. The van der Waals surface area contributed by atoms with Gasteiger partial charge < -0.3 is 4.74 Å². The Morgan fingerprint density at radius 3 is 2.45 bits per heavy atom. The Labute approximate surface area is 76.7 Å². The fourth-order valence-electron chi connectivity index (χ4n) is 0.699. The minimum atomic E-state index is 0.516. The van der Waals surface area contributed by atoms with Crippen molar-refractivity contribution >= 4 is 24.2 Å². The summed E-state index contributed by atoms with van der Waals surface area (Å²) in [5.41, 5.74) is 0. The third kappa shape index (κ3) is 3.04. The number of thiol groups is 1. The summed E-state index contributed by atoms with van der Waals surface area (Å²) >= 11 is 9.58. The van der Waals surface area contributed by atoms with Crippen molar-refractivity contribution in [3.63, 3.8) is 0 Å². The Hall–Kier alpha value is -0.340. The molecule has 1 aromatic carbocycles. The van der Waals surface area contributed by atoms with Gasteiger partial charge in [-0.3, -0.25) is 0 Å². The van der Waals surface area contributed by atoms with Crippen molar-refractivity contribution in [1.82, 2.24) is 0 Å². The molecule has 0 atom stereocenters. The second kappa shape index (κ2) is 4.52. The van der Waals surface area contributed by atoms with Gasteiger partial charge in [-0.1, -0.05) is 0 Å². The third-order valence-corrected chi connectivity index (χ3v) is 1.64. The smallest absolute Gasteiger partial charge is 0.119 e. The number of ether oxygens (including phenoxy) is 1. The molecule has 0 N–H and O–H groups in total. The van der Waals surface area contributed by atoms with Crippen LogP contribution in [0.3, 0.4) is 0 Å². The number of rotatable bonds is 3. The van der Waals surface area contributed by atoms with E-state index in [-0.39, 0.29) is 0 Å². The van der Waals surface area contributed by atoms with Crippen LogP contribution in [0.1, 0.15) is 0 Å². The van der Waals surface area contributed by atoms with E-state index in [0.29, 0.717) is 12.5 Å². The molecule has 0 saturated heterocycles. The van der Waals surface area contributed by atoms with Crippen LogP contribution >= 0.6 is 24.2 Å². The van der Waals surface area contributed by atoms with Crippen LogP contribution in [0, 0.1) is 0 Å². The van der Waals surface area contributed by atoms with Gasteiger partial charge in [-0.25, -0.2) is 0 Å². The largest absolute Gasteiger partial charge is 0.492 e. The Kier molecular flexibility index (Phi) is 3.60. The van der Waals surface area contributed by atoms with Crippen molar-refractivity contribution in [2.75, 3.05) is 12.5 Å². The van der Waals surface area contributed by atoms with E-state index in [0.717, 1.165) is 10.6 Å². The average Bonchev–Trinajstić information content (AvgIpc) is 2.04. The predicted molar refractivity (Wildman–Crippen MR) is 49.9 cm³/mol. The molecule has 60 valence electrons. The molecule has 0 heterocycles. The van der Waals surface area contributed by atoms with Crippen molar-refractivity contribution in [2.24, 2.45) is 0 Å². The van der Waals surface area contributed by atoms with E-state index in [9.17, 15) is 0 Å². The molecule has 1 aromatic rings. The molecule has 3 heteroatoms. The highest BCUT2D eigenvalue weighted by Crippen LogP contribution is 2.13. The summed E-state index contributed by atoms with van der Waals surface area (Å²) in [7, 11) is 0. The first-order valence-corrected chi connectivity index (χ1v) is 4.29. The van der Waals surface area contributed by atoms with E-state index in [4.69, 9.17) is 16.3 Å². The van der Waals surface area contributed by atoms with E-state index in [2.05, 4.69) is 12.6 Å². The van der Waals surface area contributed by atoms with Gasteiger partial charge in [0.1, 0.15) is 12.4 Å². The van der Waals surface area contributed by atoms with Crippen molar-refractivity contribution < 1.29 is 4.74 Å². The first kappa shape index (κ1) is 8.75. The van der Waals surface area contributed by atoms with Gasteiger partial charge in [0, 0.05) is 4.90 Å². The van der Waals surface area contributed by atoms with E-state index in [1.54, 1.807) is 0 Å². The maximum atomic E-state index is 5.44. The standard InChI is InChI=1S/C8H9ClOS/c9-5-6-10-7-1-3-8(11)4-2-7/h1-4,11H,5-6H2. The summed E-state index contributed by atoms with van der Waals surface area (Å²) in [6.07, 6.45) is 0. The van der Waals surface area contributed by atoms with Crippen LogP contribution < -0.4 is 4.74 Å². The lowest BCUT2D eigenvalue weighted by molar-refractivity contribution is 0.342. The zero-order chi connectivity index (χ0) is 8.10. The summed E-state index contributed by atoms with van der Waals surface area (Å²) in [4.78, 5) is 0.934. The topological polar surface area (TPSA) is 9.23 Å². The van der Waals surface area contributed by atoms with Crippen molar-refractivity contribution in [3.8, 4) is 5.75 Å². The Morgan fingerprint density at radius 1 is 1.27 bits per heavy atom. The second-order valence-corrected chi connectivity index (χ2v) is 2.93. The van der Waals surface area contributed by atoms with Gasteiger partial charge >= 0.3 is 0 Å². The van der Waals surface area contributed by atoms with E-state index in [1.807, 2.05) is 24.3 Å². The first-order valence-electron chi connectivity index (χ1n) is 3.31. The van der Waals surface area contributed by atoms with Gasteiger partial charge in [-0.05, 0) is 24.3 Å². The van der Waals surface area contributed by atoms with Crippen molar-refractivity contribution in [2.45, 2.75) is 4.90 Å². The SMILES string of the molecule is Sc1ccc(OCCCl)cc1. The highest BCUT2D eigenvalue weighted by molar-refractivity contribution is 7.80. The van der Waals surface area contributed by atoms with Gasteiger partial charge in [-0.15, -0.1) is 24.2 Å². The maximum Gasteiger partial charge on any atom is 0.119 e. The number of alkyl halides is 1. The first-order chi connectivity index (χ1) is 5.33. The van der Waals surface area contributed by atoms with E-state index in [1.165, 1.54) is 0 Å². The van der Waals surface area contributed by atoms with E-state index < -0.39 is 0 Å². The lowest BCUT2D eigenvalue weighted by atomic mass is 10.3. The Morgan fingerprint density at radius 2 is 1.91 bits per heavy atom. The van der Waals surface area contributed by atoms with Crippen LogP contribution in [0.5, 0.6) is 5.75 Å². The molecule has 0 radical (unpaired) electrons. The van der Waals surface area contributed by atoms with Crippen LogP contribution in [0.2, 0.25) is 0 Å². The number of benzene rings is 1. The van der Waals surface area contributed by atoms with Crippen LogP contribution in [-0.2, 0) is 0 Å². The summed E-state index contributed by atoms with van der Waals surface area (Å²) in [5, 5.41) is 0. The quantitative estimate of drug-likeness (QED) is 0.567. The molecule has 0 aromatic heterocycles. The monoisotopic (exact) mass is 188 g/mol. The number of halogens is 1. The predicted octanol–water partition coefficient (Wildman–Crippen LogP) is 2.59. The molecule has 1 nitrogen and oxygen atoms in total. The normalized spacial score (nSPS) is 9.64. The fraction of sp³-hybridized carbons (Fsp3) is 0.250. The van der Waals surface area contributed by atoms with Crippen LogP contribution in [0.25, 0.3) is 0 Å². The molecule has 0 aliphatic heterocycles. The molecule has 0 saturated carbocycles.